The summed E-state index contributed by atoms with van der Waals surface area (Å²) in [5.74, 6) is 0. The molecule has 0 aromatic heterocycles. The van der Waals surface area contributed by atoms with Crippen molar-refractivity contribution in [1.29, 1.82) is 0 Å². The summed E-state index contributed by atoms with van der Waals surface area (Å²) in [6.45, 7) is -0.488. The van der Waals surface area contributed by atoms with E-state index in [0.717, 1.165) is 12.5 Å². The summed E-state index contributed by atoms with van der Waals surface area (Å²) in [6, 6.07) is 0. The molecule has 0 saturated carbocycles. The number of nitrogens with zero attached hydrogens (tertiary/aromatic N) is 1. The van der Waals surface area contributed by atoms with Crippen molar-refractivity contribution in [1.82, 2.24) is 3.71 Å². The lowest BCUT2D eigenvalue weighted by atomic mass is 11.3. The maximum Gasteiger partial charge on any atom is 0.226 e. The molecule has 0 bridgehead atoms. The largest absolute Gasteiger partial charge is 0.367 e. The van der Waals surface area contributed by atoms with Crippen molar-refractivity contribution in [3.8, 4) is 0 Å². The summed E-state index contributed by atoms with van der Waals surface area (Å²) in [7, 11) is -6.32. The standard InChI is InChI=1S/C4H11NO5S2/c1-10-4-5(11(2,6)7)12(3,8)9/h4H2,1-3H3. The lowest BCUT2D eigenvalue weighted by Gasteiger charge is -2.15. The van der Waals surface area contributed by atoms with Crippen molar-refractivity contribution < 1.29 is 21.6 Å². The molecule has 0 aliphatic heterocycles. The second kappa shape index (κ2) is 3.69. The summed E-state index contributed by atoms with van der Waals surface area (Å²) < 4.78 is 48.0. The van der Waals surface area contributed by atoms with Crippen LogP contribution in [-0.4, -0.2) is 46.9 Å². The lowest BCUT2D eigenvalue weighted by molar-refractivity contribution is 0.155. The molecule has 0 amide bonds. The molecule has 0 aromatic carbocycles. The highest BCUT2D eigenvalue weighted by Gasteiger charge is 2.26. The second-order valence-corrected chi connectivity index (χ2v) is 6.26. The highest BCUT2D eigenvalue weighted by Crippen LogP contribution is 2.03. The lowest BCUT2D eigenvalue weighted by Crippen LogP contribution is -2.36. The van der Waals surface area contributed by atoms with Gasteiger partial charge in [0, 0.05) is 7.11 Å². The molecule has 8 heteroatoms. The minimum atomic E-state index is -3.76. The van der Waals surface area contributed by atoms with Gasteiger partial charge in [0.25, 0.3) is 0 Å². The maximum absolute atomic E-state index is 10.8. The number of ether oxygens (including phenoxy) is 1. The van der Waals surface area contributed by atoms with Crippen LogP contribution in [0.1, 0.15) is 0 Å². The quantitative estimate of drug-likeness (QED) is 0.553. The van der Waals surface area contributed by atoms with Crippen molar-refractivity contribution in [2.45, 2.75) is 0 Å². The minimum Gasteiger partial charge on any atom is -0.367 e. The fourth-order valence-electron chi connectivity index (χ4n) is 0.543. The Balaban J connectivity index is 4.97. The average Bonchev–Trinajstić information content (AvgIpc) is 1.77. The van der Waals surface area contributed by atoms with Crippen molar-refractivity contribution in [2.75, 3.05) is 26.4 Å². The monoisotopic (exact) mass is 217 g/mol. The molecule has 0 N–H and O–H groups in total. The molecule has 0 heterocycles. The molecule has 0 aliphatic carbocycles. The zero-order valence-corrected chi connectivity index (χ0v) is 8.65. The number of sulfonamides is 2. The zero-order chi connectivity index (χ0) is 9.99. The van der Waals surface area contributed by atoms with Crippen LogP contribution in [0.2, 0.25) is 0 Å². The predicted octanol–water partition coefficient (Wildman–Crippen LogP) is -1.19. The van der Waals surface area contributed by atoms with Crippen molar-refractivity contribution in [3.05, 3.63) is 0 Å². The van der Waals surface area contributed by atoms with Gasteiger partial charge in [-0.2, -0.15) is 0 Å². The highest BCUT2D eigenvalue weighted by molar-refractivity contribution is 8.03. The van der Waals surface area contributed by atoms with Crippen LogP contribution in [-0.2, 0) is 24.8 Å². The minimum absolute atomic E-state index is 0.278. The first-order valence-corrected chi connectivity index (χ1v) is 6.56. The van der Waals surface area contributed by atoms with Gasteiger partial charge in [-0.15, -0.1) is 0 Å². The van der Waals surface area contributed by atoms with Crippen molar-refractivity contribution >= 4 is 20.0 Å². The Hall–Kier alpha value is -0.180. The zero-order valence-electron chi connectivity index (χ0n) is 7.01. The van der Waals surface area contributed by atoms with E-state index < -0.39 is 26.8 Å². The third kappa shape index (κ3) is 3.48. The van der Waals surface area contributed by atoms with E-state index >= 15 is 0 Å². The molecule has 0 radical (unpaired) electrons. The summed E-state index contributed by atoms with van der Waals surface area (Å²) in [6.07, 6.45) is 1.60. The van der Waals surface area contributed by atoms with Crippen molar-refractivity contribution in [2.24, 2.45) is 0 Å². The van der Waals surface area contributed by atoms with Gasteiger partial charge in [-0.3, -0.25) is 0 Å². The number of rotatable bonds is 4. The first kappa shape index (κ1) is 11.8. The summed E-state index contributed by atoms with van der Waals surface area (Å²) in [5.41, 5.74) is 0. The van der Waals surface area contributed by atoms with Crippen molar-refractivity contribution in [3.63, 3.8) is 0 Å². The fraction of sp³-hybridized carbons (Fsp3) is 1.00. The molecule has 0 fully saturated rings. The van der Waals surface area contributed by atoms with E-state index in [-0.39, 0.29) is 3.71 Å². The second-order valence-electron chi connectivity index (χ2n) is 2.22. The van der Waals surface area contributed by atoms with Gasteiger partial charge in [-0.25, -0.2) is 16.8 Å². The molecule has 6 nitrogen and oxygen atoms in total. The third-order valence-corrected chi connectivity index (χ3v) is 4.29. The van der Waals surface area contributed by atoms with Crippen LogP contribution in [0.3, 0.4) is 0 Å². The van der Waals surface area contributed by atoms with Gasteiger partial charge in [0.05, 0.1) is 12.5 Å². The molecule has 0 rings (SSSR count). The van der Waals surface area contributed by atoms with E-state index in [0.29, 0.717) is 0 Å². The van der Waals surface area contributed by atoms with Gasteiger partial charge >= 0.3 is 0 Å². The van der Waals surface area contributed by atoms with E-state index in [1.807, 2.05) is 0 Å². The Morgan fingerprint density at radius 3 is 1.50 bits per heavy atom. The summed E-state index contributed by atoms with van der Waals surface area (Å²) >= 11 is 0. The van der Waals surface area contributed by atoms with Crippen LogP contribution in [0.5, 0.6) is 0 Å². The Morgan fingerprint density at radius 2 is 1.42 bits per heavy atom. The summed E-state index contributed by atoms with van der Waals surface area (Å²) in [4.78, 5) is 0. The van der Waals surface area contributed by atoms with Crippen LogP contribution in [0.25, 0.3) is 0 Å². The van der Waals surface area contributed by atoms with Crippen LogP contribution in [0, 0.1) is 0 Å². The van der Waals surface area contributed by atoms with Gasteiger partial charge in [-0.1, -0.05) is 3.71 Å². The predicted molar refractivity (Wildman–Crippen MR) is 43.4 cm³/mol. The normalized spacial score (nSPS) is 13.7. The Labute approximate surface area is 72.2 Å². The van der Waals surface area contributed by atoms with E-state index in [4.69, 9.17) is 0 Å². The summed E-state index contributed by atoms with van der Waals surface area (Å²) in [5, 5.41) is 0. The molecule has 0 unspecified atom stereocenters. The molecule has 0 aromatic rings. The molecular formula is C4H11NO5S2. The van der Waals surface area contributed by atoms with Gasteiger partial charge in [0.1, 0.15) is 6.73 Å². The molecule has 74 valence electrons. The van der Waals surface area contributed by atoms with Gasteiger partial charge in [0.15, 0.2) is 0 Å². The molecule has 0 aliphatic rings. The number of methoxy groups -OCH3 is 1. The van der Waals surface area contributed by atoms with Crippen LogP contribution in [0.15, 0.2) is 0 Å². The van der Waals surface area contributed by atoms with E-state index in [9.17, 15) is 16.8 Å². The van der Waals surface area contributed by atoms with E-state index in [2.05, 4.69) is 4.74 Å². The average molecular weight is 217 g/mol. The van der Waals surface area contributed by atoms with Gasteiger partial charge in [-0.05, 0) is 0 Å². The van der Waals surface area contributed by atoms with Crippen LogP contribution < -0.4 is 0 Å². The highest BCUT2D eigenvalue weighted by atomic mass is 32.3. The van der Waals surface area contributed by atoms with Gasteiger partial charge < -0.3 is 4.74 Å². The molecule has 0 saturated heterocycles. The third-order valence-electron chi connectivity index (χ3n) is 0.974. The Kier molecular flexibility index (Phi) is 3.63. The Bertz CT molecular complexity index is 296. The first-order valence-electron chi connectivity index (χ1n) is 2.86. The molecular weight excluding hydrogens is 206 g/mol. The van der Waals surface area contributed by atoms with Crippen LogP contribution >= 0.6 is 0 Å². The maximum atomic E-state index is 10.8. The molecule has 12 heavy (non-hydrogen) atoms. The van der Waals surface area contributed by atoms with Gasteiger partial charge in [0.2, 0.25) is 20.0 Å². The first-order chi connectivity index (χ1) is 5.19. The number of hydrogen-bond donors (Lipinski definition) is 0. The van der Waals surface area contributed by atoms with Crippen LogP contribution in [0.4, 0.5) is 0 Å². The molecule has 0 spiro atoms. The topological polar surface area (TPSA) is 80.8 Å². The van der Waals surface area contributed by atoms with E-state index in [1.54, 1.807) is 0 Å². The fourth-order valence-corrected chi connectivity index (χ4v) is 3.10. The SMILES string of the molecule is COCN(S(C)(=O)=O)S(C)(=O)=O. The Morgan fingerprint density at radius 1 is 1.08 bits per heavy atom. The molecule has 0 atom stereocenters. The van der Waals surface area contributed by atoms with E-state index in [1.165, 1.54) is 7.11 Å². The smallest absolute Gasteiger partial charge is 0.226 e. The number of hydrogen-bond acceptors (Lipinski definition) is 5.